The fourth-order valence-corrected chi connectivity index (χ4v) is 1.84. The Balaban J connectivity index is 2.17. The zero-order chi connectivity index (χ0) is 16.3. The van der Waals surface area contributed by atoms with Gasteiger partial charge in [0.2, 0.25) is 5.91 Å². The number of amides is 1. The summed E-state index contributed by atoms with van der Waals surface area (Å²) in [7, 11) is 0. The zero-order valence-corrected chi connectivity index (χ0v) is 11.5. The third kappa shape index (κ3) is 3.25. The van der Waals surface area contributed by atoms with Crippen LogP contribution in [0.3, 0.4) is 0 Å². The lowest BCUT2D eigenvalue weighted by atomic mass is 10.1. The molecule has 0 radical (unpaired) electrons. The Morgan fingerprint density at radius 2 is 2.00 bits per heavy atom. The fraction of sp³-hybridized carbons (Fsp3) is 0.308. The van der Waals surface area contributed by atoms with Crippen LogP contribution in [0.25, 0.3) is 0 Å². The number of nitrogens with zero attached hydrogens (tertiary/aromatic N) is 3. The van der Waals surface area contributed by atoms with Crippen LogP contribution in [0, 0.1) is 17.5 Å². The summed E-state index contributed by atoms with van der Waals surface area (Å²) in [6.07, 6.45) is 2.58. The summed E-state index contributed by atoms with van der Waals surface area (Å²) in [5, 5.41) is 15.5. The highest BCUT2D eigenvalue weighted by Crippen LogP contribution is 2.20. The number of carbonyl (C=O) groups is 1. The largest absolute Gasteiger partial charge is 0.394 e. The number of carbonyl (C=O) groups excluding carboxylic acids is 1. The molecule has 0 fully saturated rings. The predicted molar refractivity (Wildman–Crippen MR) is 69.0 cm³/mol. The molecule has 0 aliphatic rings. The first-order valence-electron chi connectivity index (χ1n) is 6.33. The maximum atomic E-state index is 13.2. The minimum absolute atomic E-state index is 0.0851. The summed E-state index contributed by atoms with van der Waals surface area (Å²) in [6.45, 7) is 0.921. The second-order valence-corrected chi connectivity index (χ2v) is 4.59. The molecule has 1 heterocycles. The molecule has 0 spiro atoms. The number of aliphatic hydroxyl groups excluding tert-OH is 1. The van der Waals surface area contributed by atoms with E-state index in [1.54, 1.807) is 0 Å². The molecular weight excluding hydrogens is 301 g/mol. The Hall–Kier alpha value is -2.42. The average molecular weight is 314 g/mol. The number of hydrogen-bond donors (Lipinski definition) is 2. The molecule has 2 N–H and O–H groups in total. The minimum atomic E-state index is -1.61. The molecule has 22 heavy (non-hydrogen) atoms. The van der Waals surface area contributed by atoms with Gasteiger partial charge in [0.05, 0.1) is 12.6 Å². The van der Waals surface area contributed by atoms with Gasteiger partial charge in [-0.2, -0.15) is 5.10 Å². The van der Waals surface area contributed by atoms with Gasteiger partial charge in [-0.3, -0.25) is 4.79 Å². The summed E-state index contributed by atoms with van der Waals surface area (Å²) in [5.74, 6) is -4.95. The Bertz CT molecular complexity index is 640. The van der Waals surface area contributed by atoms with E-state index in [1.165, 1.54) is 24.3 Å². The molecule has 2 aromatic rings. The van der Waals surface area contributed by atoms with Crippen LogP contribution in [0.4, 0.5) is 13.2 Å². The number of halogens is 3. The van der Waals surface area contributed by atoms with Crippen LogP contribution < -0.4 is 5.32 Å². The van der Waals surface area contributed by atoms with E-state index in [1.807, 2.05) is 0 Å². The van der Waals surface area contributed by atoms with Crippen LogP contribution >= 0.6 is 0 Å². The molecule has 0 aliphatic carbocycles. The van der Waals surface area contributed by atoms with Gasteiger partial charge in [-0.05, 0) is 24.6 Å². The minimum Gasteiger partial charge on any atom is -0.394 e. The van der Waals surface area contributed by atoms with Crippen molar-refractivity contribution in [3.8, 4) is 0 Å². The zero-order valence-electron chi connectivity index (χ0n) is 11.5. The summed E-state index contributed by atoms with van der Waals surface area (Å²) >= 11 is 0. The number of rotatable bonds is 5. The Labute approximate surface area is 123 Å². The van der Waals surface area contributed by atoms with Gasteiger partial charge in [0.1, 0.15) is 18.7 Å². The lowest BCUT2D eigenvalue weighted by molar-refractivity contribution is -0.125. The molecule has 2 unspecified atom stereocenters. The van der Waals surface area contributed by atoms with E-state index >= 15 is 0 Å². The topological polar surface area (TPSA) is 80.0 Å². The number of aromatic nitrogens is 3. The van der Waals surface area contributed by atoms with Crippen molar-refractivity contribution in [2.75, 3.05) is 6.61 Å². The lowest BCUT2D eigenvalue weighted by Gasteiger charge is -2.20. The highest BCUT2D eigenvalue weighted by molar-refractivity contribution is 5.80. The Morgan fingerprint density at radius 1 is 1.36 bits per heavy atom. The number of benzene rings is 1. The van der Waals surface area contributed by atoms with Crippen LogP contribution in [0.1, 0.15) is 24.6 Å². The maximum absolute atomic E-state index is 13.2. The van der Waals surface area contributed by atoms with Crippen LogP contribution in [-0.4, -0.2) is 32.4 Å². The van der Waals surface area contributed by atoms with Gasteiger partial charge in [-0.1, -0.05) is 0 Å². The van der Waals surface area contributed by atoms with Crippen molar-refractivity contribution in [3.05, 3.63) is 47.8 Å². The average Bonchev–Trinajstić information content (AvgIpc) is 3.03. The highest BCUT2D eigenvalue weighted by atomic mass is 19.2. The molecule has 0 saturated carbocycles. The molecule has 118 valence electrons. The smallest absolute Gasteiger partial charge is 0.245 e. The molecule has 2 rings (SSSR count). The normalized spacial score (nSPS) is 13.7. The second kappa shape index (κ2) is 6.56. The molecule has 9 heteroatoms. The fourth-order valence-electron chi connectivity index (χ4n) is 1.84. The molecule has 0 aliphatic heterocycles. The van der Waals surface area contributed by atoms with E-state index in [0.29, 0.717) is 0 Å². The van der Waals surface area contributed by atoms with Gasteiger partial charge in [0.15, 0.2) is 17.5 Å². The second-order valence-electron chi connectivity index (χ2n) is 4.59. The van der Waals surface area contributed by atoms with E-state index in [2.05, 4.69) is 15.4 Å². The molecule has 2 atom stereocenters. The van der Waals surface area contributed by atoms with Crippen molar-refractivity contribution in [2.45, 2.75) is 19.0 Å². The van der Waals surface area contributed by atoms with Crippen LogP contribution in [0.5, 0.6) is 0 Å². The summed E-state index contributed by atoms with van der Waals surface area (Å²) < 4.78 is 40.7. The van der Waals surface area contributed by atoms with Crippen LogP contribution in [0.15, 0.2) is 24.8 Å². The van der Waals surface area contributed by atoms with Gasteiger partial charge >= 0.3 is 0 Å². The van der Waals surface area contributed by atoms with E-state index in [0.717, 1.165) is 12.1 Å². The Kier molecular flexibility index (Phi) is 4.76. The van der Waals surface area contributed by atoms with Crippen LogP contribution in [-0.2, 0) is 4.79 Å². The van der Waals surface area contributed by atoms with Crippen molar-refractivity contribution >= 4 is 5.91 Å². The number of nitrogens with one attached hydrogen (secondary N) is 1. The van der Waals surface area contributed by atoms with Crippen molar-refractivity contribution in [1.82, 2.24) is 20.1 Å². The first-order valence-corrected chi connectivity index (χ1v) is 6.33. The van der Waals surface area contributed by atoms with E-state index in [-0.39, 0.29) is 5.56 Å². The predicted octanol–water partition coefficient (Wildman–Crippen LogP) is 1.11. The maximum Gasteiger partial charge on any atom is 0.245 e. The Morgan fingerprint density at radius 3 is 2.50 bits per heavy atom. The van der Waals surface area contributed by atoms with Crippen molar-refractivity contribution in [2.24, 2.45) is 0 Å². The molecule has 1 aromatic heterocycles. The van der Waals surface area contributed by atoms with Crippen molar-refractivity contribution in [1.29, 1.82) is 0 Å². The number of aliphatic hydroxyl groups is 1. The summed E-state index contributed by atoms with van der Waals surface area (Å²) in [6, 6.07) is -0.380. The standard InChI is InChI=1S/C13H13F3N4O2/c1-7(20-6-17-5-18-20)13(22)19-11(4-21)8-2-9(14)12(16)10(15)3-8/h2-3,5-7,11,21H,4H2,1H3,(H,19,22). The molecule has 1 amide bonds. The molecule has 0 bridgehead atoms. The third-order valence-electron chi connectivity index (χ3n) is 3.12. The summed E-state index contributed by atoms with van der Waals surface area (Å²) in [5.41, 5.74) is -0.0851. The van der Waals surface area contributed by atoms with Gasteiger partial charge < -0.3 is 10.4 Å². The first-order chi connectivity index (χ1) is 10.4. The molecule has 1 aromatic carbocycles. The molecular formula is C13H13F3N4O2. The quantitative estimate of drug-likeness (QED) is 0.810. The van der Waals surface area contributed by atoms with E-state index < -0.39 is 42.0 Å². The number of hydrogen-bond acceptors (Lipinski definition) is 4. The van der Waals surface area contributed by atoms with E-state index in [4.69, 9.17) is 0 Å². The molecule has 0 saturated heterocycles. The van der Waals surface area contributed by atoms with Gasteiger partial charge in [-0.15, -0.1) is 0 Å². The van der Waals surface area contributed by atoms with E-state index in [9.17, 15) is 23.1 Å². The van der Waals surface area contributed by atoms with Crippen molar-refractivity contribution in [3.63, 3.8) is 0 Å². The highest BCUT2D eigenvalue weighted by Gasteiger charge is 2.22. The monoisotopic (exact) mass is 314 g/mol. The van der Waals surface area contributed by atoms with Gasteiger partial charge in [0, 0.05) is 0 Å². The third-order valence-corrected chi connectivity index (χ3v) is 3.12. The SMILES string of the molecule is CC(C(=O)NC(CO)c1cc(F)c(F)c(F)c1)n1cncn1. The van der Waals surface area contributed by atoms with Crippen LogP contribution in [0.2, 0.25) is 0 Å². The van der Waals surface area contributed by atoms with Crippen molar-refractivity contribution < 1.29 is 23.1 Å². The summed E-state index contributed by atoms with van der Waals surface area (Å²) in [4.78, 5) is 15.7. The molecule has 6 nitrogen and oxygen atoms in total. The van der Waals surface area contributed by atoms with Gasteiger partial charge in [0.25, 0.3) is 0 Å². The van der Waals surface area contributed by atoms with Gasteiger partial charge in [-0.25, -0.2) is 22.8 Å². The lowest BCUT2D eigenvalue weighted by Crippen LogP contribution is -2.36. The first kappa shape index (κ1) is 16.0.